The molecular weight excluding hydrogens is 348 g/mol. The lowest BCUT2D eigenvalue weighted by molar-refractivity contribution is -0.128. The zero-order valence-corrected chi connectivity index (χ0v) is 16.2. The molecule has 1 aliphatic rings. The number of hydrogen-bond donors (Lipinski definition) is 0. The van der Waals surface area contributed by atoms with Crippen LogP contribution in [0, 0.1) is 5.41 Å². The van der Waals surface area contributed by atoms with Crippen LogP contribution in [-0.2, 0) is 11.3 Å². The molecule has 142 valence electrons. The van der Waals surface area contributed by atoms with E-state index in [4.69, 9.17) is 4.42 Å². The molecule has 0 N–H and O–H groups in total. The minimum absolute atomic E-state index is 0.145. The summed E-state index contributed by atoms with van der Waals surface area (Å²) in [6.45, 7) is 5.32. The monoisotopic (exact) mass is 372 g/mol. The van der Waals surface area contributed by atoms with Crippen LogP contribution < -0.4 is 0 Å². The molecule has 1 unspecified atom stereocenters. The number of pyridine rings is 1. The Hall–Kier alpha value is -2.98. The molecule has 1 aliphatic heterocycles. The van der Waals surface area contributed by atoms with E-state index in [1.807, 2.05) is 68.5 Å². The van der Waals surface area contributed by atoms with Gasteiger partial charge in [0, 0.05) is 23.7 Å². The Kier molecular flexibility index (Phi) is 4.97. The van der Waals surface area contributed by atoms with Crippen molar-refractivity contribution in [1.82, 2.24) is 9.88 Å². The lowest BCUT2D eigenvalue weighted by Crippen LogP contribution is -2.48. The van der Waals surface area contributed by atoms with Gasteiger partial charge in [-0.1, -0.05) is 50.2 Å². The fourth-order valence-corrected chi connectivity index (χ4v) is 3.92. The van der Waals surface area contributed by atoms with E-state index in [1.165, 1.54) is 0 Å². The summed E-state index contributed by atoms with van der Waals surface area (Å²) in [6.07, 6.45) is 5.39. The number of carbonyl (C=O) groups excluding carboxylic acids is 1. The number of benzene rings is 1. The number of rotatable bonds is 4. The van der Waals surface area contributed by atoms with Crippen LogP contribution in [0.5, 0.6) is 0 Å². The van der Waals surface area contributed by atoms with Gasteiger partial charge in [0.15, 0.2) is 5.78 Å². The van der Waals surface area contributed by atoms with E-state index < -0.39 is 5.41 Å². The third kappa shape index (κ3) is 3.69. The molecule has 0 amide bonds. The van der Waals surface area contributed by atoms with Gasteiger partial charge in [-0.15, -0.1) is 0 Å². The van der Waals surface area contributed by atoms with Crippen molar-refractivity contribution in [3.05, 3.63) is 95.7 Å². The third-order valence-corrected chi connectivity index (χ3v) is 5.18. The van der Waals surface area contributed by atoms with Gasteiger partial charge in [-0.2, -0.15) is 0 Å². The van der Waals surface area contributed by atoms with Crippen LogP contribution in [0.3, 0.4) is 0 Å². The Morgan fingerprint density at radius 1 is 1.11 bits per heavy atom. The first-order chi connectivity index (χ1) is 13.5. The van der Waals surface area contributed by atoms with E-state index in [-0.39, 0.29) is 11.8 Å². The molecule has 28 heavy (non-hydrogen) atoms. The molecule has 0 spiro atoms. The minimum atomic E-state index is -0.488. The number of furan rings is 1. The maximum absolute atomic E-state index is 13.4. The molecular formula is C24H24N2O2. The first-order valence-electron chi connectivity index (χ1n) is 9.53. The lowest BCUT2D eigenvalue weighted by Gasteiger charge is -2.44. The average molecular weight is 372 g/mol. The van der Waals surface area contributed by atoms with E-state index >= 15 is 0 Å². The highest BCUT2D eigenvalue weighted by Crippen LogP contribution is 2.42. The highest BCUT2D eigenvalue weighted by atomic mass is 16.3. The number of ketones is 1. The van der Waals surface area contributed by atoms with Gasteiger partial charge in [-0.25, -0.2) is 0 Å². The van der Waals surface area contributed by atoms with Crippen LogP contribution in [0.4, 0.5) is 0 Å². The predicted molar refractivity (Wildman–Crippen MR) is 109 cm³/mol. The van der Waals surface area contributed by atoms with Crippen molar-refractivity contribution in [3.8, 4) is 0 Å². The Balaban J connectivity index is 1.83. The van der Waals surface area contributed by atoms with Gasteiger partial charge in [-0.3, -0.25) is 14.7 Å². The maximum atomic E-state index is 13.4. The summed E-state index contributed by atoms with van der Waals surface area (Å²) >= 11 is 0. The van der Waals surface area contributed by atoms with Gasteiger partial charge in [0.05, 0.1) is 24.5 Å². The van der Waals surface area contributed by atoms with Crippen LogP contribution in [0.2, 0.25) is 0 Å². The number of carbonyl (C=O) groups is 1. The lowest BCUT2D eigenvalue weighted by atomic mass is 9.74. The number of Topliss-reactive ketones (excluding diaryl/α,β-unsaturated/α-hetero) is 1. The summed E-state index contributed by atoms with van der Waals surface area (Å²) in [4.78, 5) is 20.2. The van der Waals surface area contributed by atoms with Crippen molar-refractivity contribution >= 4 is 11.9 Å². The minimum Gasteiger partial charge on any atom is -0.468 e. The average Bonchev–Trinajstić information content (AvgIpc) is 3.20. The van der Waals surface area contributed by atoms with Crippen molar-refractivity contribution in [1.29, 1.82) is 0 Å². The second-order valence-corrected chi connectivity index (χ2v) is 7.86. The number of likely N-dealkylation sites (tertiary alicyclic amines) is 1. The van der Waals surface area contributed by atoms with E-state index in [1.54, 1.807) is 12.5 Å². The second kappa shape index (κ2) is 7.56. The molecule has 4 rings (SSSR count). The molecule has 0 saturated carbocycles. The number of aromatic nitrogens is 1. The quantitative estimate of drug-likeness (QED) is 0.611. The molecule has 0 aliphatic carbocycles. The van der Waals surface area contributed by atoms with E-state index in [0.29, 0.717) is 13.1 Å². The Morgan fingerprint density at radius 3 is 2.57 bits per heavy atom. The van der Waals surface area contributed by atoms with E-state index in [2.05, 4.69) is 22.0 Å². The van der Waals surface area contributed by atoms with E-state index in [9.17, 15) is 4.79 Å². The maximum Gasteiger partial charge on any atom is 0.167 e. The standard InChI is InChI=1S/C24H24N2O2/c1-24(2)17-26(16-20-12-8-14-28-20)22(18-9-4-3-5-10-18)21(23(24)27)15-19-11-6-7-13-25-19/h3-15,22H,16-17H2,1-2H3/b21-15-. The zero-order chi connectivity index (χ0) is 19.6. The first-order valence-corrected chi connectivity index (χ1v) is 9.53. The third-order valence-electron chi connectivity index (χ3n) is 5.18. The molecule has 1 saturated heterocycles. The smallest absolute Gasteiger partial charge is 0.167 e. The first kappa shape index (κ1) is 18.4. The molecule has 1 fully saturated rings. The van der Waals surface area contributed by atoms with Crippen molar-refractivity contribution in [2.24, 2.45) is 5.41 Å². The highest BCUT2D eigenvalue weighted by molar-refractivity contribution is 6.05. The topological polar surface area (TPSA) is 46.3 Å². The van der Waals surface area contributed by atoms with Crippen molar-refractivity contribution in [2.45, 2.75) is 26.4 Å². The number of nitrogens with zero attached hydrogens (tertiary/aromatic N) is 2. The van der Waals surface area contributed by atoms with Crippen molar-refractivity contribution < 1.29 is 9.21 Å². The summed E-state index contributed by atoms with van der Waals surface area (Å²) in [5, 5.41) is 0. The SMILES string of the molecule is CC1(C)CN(Cc2ccco2)C(c2ccccc2)/C(=C/c2ccccn2)C1=O. The van der Waals surface area contributed by atoms with Crippen molar-refractivity contribution in [2.75, 3.05) is 6.54 Å². The molecule has 2 aromatic heterocycles. The van der Waals surface area contributed by atoms with Gasteiger partial charge < -0.3 is 4.42 Å². The van der Waals surface area contributed by atoms with Crippen LogP contribution in [0.15, 0.2) is 83.1 Å². The van der Waals surface area contributed by atoms with Crippen LogP contribution in [0.25, 0.3) is 6.08 Å². The molecule has 0 radical (unpaired) electrons. The summed E-state index contributed by atoms with van der Waals surface area (Å²) in [5.41, 5.74) is 2.17. The Morgan fingerprint density at radius 2 is 1.89 bits per heavy atom. The number of piperidine rings is 1. The molecule has 1 aromatic carbocycles. The largest absolute Gasteiger partial charge is 0.468 e. The molecule has 4 heteroatoms. The Labute approximate surface area is 165 Å². The van der Waals surface area contributed by atoms with Crippen molar-refractivity contribution in [3.63, 3.8) is 0 Å². The van der Waals surface area contributed by atoms with Gasteiger partial charge in [0.25, 0.3) is 0 Å². The molecule has 4 nitrogen and oxygen atoms in total. The highest BCUT2D eigenvalue weighted by Gasteiger charge is 2.44. The molecule has 3 aromatic rings. The fourth-order valence-electron chi connectivity index (χ4n) is 3.92. The Bertz CT molecular complexity index is 960. The van der Waals surface area contributed by atoms with Gasteiger partial charge >= 0.3 is 0 Å². The van der Waals surface area contributed by atoms with Crippen LogP contribution in [-0.4, -0.2) is 22.2 Å². The second-order valence-electron chi connectivity index (χ2n) is 7.86. The van der Waals surface area contributed by atoms with Gasteiger partial charge in [0.2, 0.25) is 0 Å². The summed E-state index contributed by atoms with van der Waals surface area (Å²) < 4.78 is 5.61. The molecule has 3 heterocycles. The molecule has 0 bridgehead atoms. The van der Waals surface area contributed by atoms with Crippen LogP contribution >= 0.6 is 0 Å². The zero-order valence-electron chi connectivity index (χ0n) is 16.2. The van der Waals surface area contributed by atoms with Gasteiger partial charge in [-0.05, 0) is 35.9 Å². The summed E-state index contributed by atoms with van der Waals surface area (Å²) in [7, 11) is 0. The van der Waals surface area contributed by atoms with Crippen LogP contribution in [0.1, 0.15) is 36.9 Å². The fraction of sp³-hybridized carbons (Fsp3) is 0.250. The number of hydrogen-bond acceptors (Lipinski definition) is 4. The predicted octanol–water partition coefficient (Wildman–Crippen LogP) is 4.91. The van der Waals surface area contributed by atoms with E-state index in [0.717, 1.165) is 22.6 Å². The van der Waals surface area contributed by atoms with Gasteiger partial charge in [0.1, 0.15) is 5.76 Å². The molecule has 1 atom stereocenters. The summed E-state index contributed by atoms with van der Waals surface area (Å²) in [6, 6.07) is 19.7. The normalized spacial score (nSPS) is 21.1. The summed E-state index contributed by atoms with van der Waals surface area (Å²) in [5.74, 6) is 1.06.